The van der Waals surface area contributed by atoms with E-state index in [4.69, 9.17) is 10.5 Å². The summed E-state index contributed by atoms with van der Waals surface area (Å²) < 4.78 is 33.8. The molecule has 0 aliphatic heterocycles. The molecule has 1 aliphatic carbocycles. The Hall–Kier alpha value is -3.93. The van der Waals surface area contributed by atoms with Gasteiger partial charge in [-0.2, -0.15) is 0 Å². The van der Waals surface area contributed by atoms with Crippen LogP contribution in [0.15, 0.2) is 96.2 Å². The van der Waals surface area contributed by atoms with Crippen molar-refractivity contribution in [1.29, 1.82) is 0 Å². The number of amides is 1. The van der Waals surface area contributed by atoms with Crippen molar-refractivity contribution >= 4 is 16.7 Å². The van der Waals surface area contributed by atoms with Crippen LogP contribution in [0.3, 0.4) is 0 Å². The number of halogens is 2. The third-order valence-electron chi connectivity index (χ3n) is 6.58. The van der Waals surface area contributed by atoms with Crippen LogP contribution in [-0.4, -0.2) is 11.9 Å². The van der Waals surface area contributed by atoms with Crippen molar-refractivity contribution < 1.29 is 18.3 Å². The van der Waals surface area contributed by atoms with E-state index in [1.54, 1.807) is 18.2 Å². The number of alkyl halides is 2. The van der Waals surface area contributed by atoms with Crippen LogP contribution in [0.25, 0.3) is 10.8 Å². The van der Waals surface area contributed by atoms with Crippen LogP contribution in [0.5, 0.6) is 11.5 Å². The Labute approximate surface area is 216 Å². The topological polar surface area (TPSA) is 64.3 Å². The number of benzene rings is 3. The van der Waals surface area contributed by atoms with Gasteiger partial charge in [-0.3, -0.25) is 4.79 Å². The van der Waals surface area contributed by atoms with Crippen LogP contribution < -0.4 is 15.8 Å². The SMILES string of the molecule is CCC(F)(F)c1ccc(Oc2cccc3cc(C(=O)N[C@H](C)C4=C(\N)CCC/C=C/C=C\4)ccc23)cc1. The lowest BCUT2D eigenvalue weighted by atomic mass is 10.0. The van der Waals surface area contributed by atoms with Crippen molar-refractivity contribution in [2.24, 2.45) is 5.73 Å². The fourth-order valence-corrected chi connectivity index (χ4v) is 4.36. The van der Waals surface area contributed by atoms with Crippen molar-refractivity contribution in [3.63, 3.8) is 0 Å². The molecule has 0 bridgehead atoms. The lowest BCUT2D eigenvalue weighted by Crippen LogP contribution is -2.34. The minimum absolute atomic E-state index is 0.0374. The molecule has 0 radical (unpaired) electrons. The van der Waals surface area contributed by atoms with Gasteiger partial charge in [-0.25, -0.2) is 8.78 Å². The number of hydrogen-bond acceptors (Lipinski definition) is 3. The highest BCUT2D eigenvalue weighted by Gasteiger charge is 2.28. The third-order valence-corrected chi connectivity index (χ3v) is 6.58. The summed E-state index contributed by atoms with van der Waals surface area (Å²) in [7, 11) is 0. The molecule has 3 aromatic carbocycles. The lowest BCUT2D eigenvalue weighted by Gasteiger charge is -2.18. The number of carbonyl (C=O) groups is 1. The van der Waals surface area contributed by atoms with Gasteiger partial charge in [0.25, 0.3) is 11.8 Å². The highest BCUT2D eigenvalue weighted by Crippen LogP contribution is 2.34. The first-order chi connectivity index (χ1) is 17.8. The highest BCUT2D eigenvalue weighted by atomic mass is 19.3. The van der Waals surface area contributed by atoms with Gasteiger partial charge in [-0.15, -0.1) is 0 Å². The molecule has 4 rings (SSSR count). The molecule has 3 aromatic rings. The third kappa shape index (κ3) is 6.26. The number of rotatable bonds is 7. The van der Waals surface area contributed by atoms with Gasteiger partial charge in [-0.05, 0) is 85.7 Å². The minimum atomic E-state index is -2.86. The van der Waals surface area contributed by atoms with Crippen LogP contribution in [-0.2, 0) is 5.92 Å². The zero-order valence-corrected chi connectivity index (χ0v) is 21.1. The Bertz CT molecular complexity index is 1360. The summed E-state index contributed by atoms with van der Waals surface area (Å²) in [4.78, 5) is 13.1. The molecule has 1 aliphatic rings. The first-order valence-corrected chi connectivity index (χ1v) is 12.6. The van der Waals surface area contributed by atoms with Crippen LogP contribution in [0.4, 0.5) is 8.78 Å². The second-order valence-corrected chi connectivity index (χ2v) is 9.23. The minimum Gasteiger partial charge on any atom is -0.457 e. The molecule has 0 fully saturated rings. The van der Waals surface area contributed by atoms with Gasteiger partial charge in [0.05, 0.1) is 6.04 Å². The standard InChI is InChI=1S/C31H32F2N2O2/c1-3-31(32,33)24-15-17-25(18-16-24)37-29-13-9-10-22-20-23(14-19-27(22)29)30(36)35-21(2)26-11-7-5-4-6-8-12-28(26)34/h4-5,7,9-11,13-21H,3,6,8,12,34H2,1-2H3,(H,35,36)/b5-4+,11-7-,28-26-/t21-/m1/s1. The summed E-state index contributed by atoms with van der Waals surface area (Å²) >= 11 is 0. The predicted molar refractivity (Wildman–Crippen MR) is 145 cm³/mol. The average Bonchev–Trinajstić information content (AvgIpc) is 3.00. The highest BCUT2D eigenvalue weighted by molar-refractivity contribution is 6.00. The molecule has 192 valence electrons. The van der Waals surface area contributed by atoms with Crippen LogP contribution in [0.2, 0.25) is 0 Å². The molecule has 0 heterocycles. The first-order valence-electron chi connectivity index (χ1n) is 12.6. The zero-order chi connectivity index (χ0) is 26.4. The molecule has 0 aromatic heterocycles. The number of carbonyl (C=O) groups excluding carboxylic acids is 1. The lowest BCUT2D eigenvalue weighted by molar-refractivity contribution is -0.00831. The largest absolute Gasteiger partial charge is 0.457 e. The van der Waals surface area contributed by atoms with Gasteiger partial charge in [0, 0.05) is 28.6 Å². The van der Waals surface area contributed by atoms with Crippen molar-refractivity contribution in [1.82, 2.24) is 5.32 Å². The van der Waals surface area contributed by atoms with Gasteiger partial charge in [-0.1, -0.05) is 43.4 Å². The van der Waals surface area contributed by atoms with E-state index in [1.165, 1.54) is 19.1 Å². The Kier molecular flexibility index (Phi) is 8.07. The molecule has 3 N–H and O–H groups in total. The second-order valence-electron chi connectivity index (χ2n) is 9.23. The van der Waals surface area contributed by atoms with Crippen molar-refractivity contribution in [2.75, 3.05) is 0 Å². The normalized spacial score (nSPS) is 18.8. The maximum absolute atomic E-state index is 13.9. The molecular weight excluding hydrogens is 470 g/mol. The van der Waals surface area contributed by atoms with E-state index in [1.807, 2.05) is 55.5 Å². The van der Waals surface area contributed by atoms with Crippen molar-refractivity contribution in [3.8, 4) is 11.5 Å². The maximum atomic E-state index is 13.9. The monoisotopic (exact) mass is 502 g/mol. The van der Waals surface area contributed by atoms with Gasteiger partial charge < -0.3 is 15.8 Å². The number of fused-ring (bicyclic) bond motifs is 1. The summed E-state index contributed by atoms with van der Waals surface area (Å²) in [6.45, 7) is 3.39. The quantitative estimate of drug-likeness (QED) is 0.347. The molecule has 1 atom stereocenters. The fraction of sp³-hybridized carbons (Fsp3) is 0.258. The Morgan fingerprint density at radius 1 is 1.11 bits per heavy atom. The van der Waals surface area contributed by atoms with E-state index in [2.05, 4.69) is 11.4 Å². The van der Waals surface area contributed by atoms with E-state index < -0.39 is 5.92 Å². The van der Waals surface area contributed by atoms with E-state index in [-0.39, 0.29) is 23.9 Å². The predicted octanol–water partition coefficient (Wildman–Crippen LogP) is 7.76. The summed E-state index contributed by atoms with van der Waals surface area (Å²) in [5, 5.41) is 4.71. The van der Waals surface area contributed by atoms with Crippen molar-refractivity contribution in [2.45, 2.75) is 51.5 Å². The average molecular weight is 503 g/mol. The van der Waals surface area contributed by atoms with Crippen LogP contribution in [0.1, 0.15) is 55.5 Å². The number of allylic oxidation sites excluding steroid dienone is 4. The molecule has 0 saturated carbocycles. The maximum Gasteiger partial charge on any atom is 0.273 e. The summed E-state index contributed by atoms with van der Waals surface area (Å²) in [5.74, 6) is -2.02. The molecule has 6 heteroatoms. The van der Waals surface area contributed by atoms with E-state index in [9.17, 15) is 13.6 Å². The number of hydrogen-bond donors (Lipinski definition) is 2. The Balaban J connectivity index is 1.52. The van der Waals surface area contributed by atoms with E-state index >= 15 is 0 Å². The molecule has 0 unspecified atom stereocenters. The summed E-state index contributed by atoms with van der Waals surface area (Å²) in [6, 6.07) is 16.6. The molecular formula is C31H32F2N2O2. The van der Waals surface area contributed by atoms with Crippen LogP contribution >= 0.6 is 0 Å². The van der Waals surface area contributed by atoms with E-state index in [0.29, 0.717) is 17.1 Å². The fourth-order valence-electron chi connectivity index (χ4n) is 4.36. The smallest absolute Gasteiger partial charge is 0.273 e. The Morgan fingerprint density at radius 3 is 2.65 bits per heavy atom. The molecule has 1 amide bonds. The van der Waals surface area contributed by atoms with Crippen molar-refractivity contribution in [3.05, 3.63) is 107 Å². The number of ether oxygens (including phenoxy) is 1. The summed E-state index contributed by atoms with van der Waals surface area (Å²) in [5.41, 5.74) is 8.51. The molecule has 0 saturated heterocycles. The zero-order valence-electron chi connectivity index (χ0n) is 21.1. The first kappa shape index (κ1) is 26.1. The molecule has 4 nitrogen and oxygen atoms in total. The van der Waals surface area contributed by atoms with Gasteiger partial charge in [0.15, 0.2) is 0 Å². The van der Waals surface area contributed by atoms with Gasteiger partial charge in [0.1, 0.15) is 11.5 Å². The van der Waals surface area contributed by atoms with E-state index in [0.717, 1.165) is 41.3 Å². The Morgan fingerprint density at radius 2 is 1.89 bits per heavy atom. The van der Waals surface area contributed by atoms with Gasteiger partial charge in [0.2, 0.25) is 0 Å². The molecule has 37 heavy (non-hydrogen) atoms. The van der Waals surface area contributed by atoms with Crippen LogP contribution in [0, 0.1) is 0 Å². The summed E-state index contributed by atoms with van der Waals surface area (Å²) in [6.07, 6.45) is 10.5. The second kappa shape index (κ2) is 11.4. The molecule has 0 spiro atoms. The number of nitrogens with two attached hydrogens (primary N) is 1. The van der Waals surface area contributed by atoms with Gasteiger partial charge >= 0.3 is 0 Å². The number of nitrogens with one attached hydrogen (secondary N) is 1.